The SMILES string of the molecule is C=N/C=C\c1nc(-c2cnc(N(C)CCOC)nc2)n(-c2ccc(C)cc2)c1C. The zero-order valence-electron chi connectivity index (χ0n) is 17.3. The number of nitrogens with zero attached hydrogens (tertiary/aromatic N) is 6. The fourth-order valence-corrected chi connectivity index (χ4v) is 2.97. The van der Waals surface area contributed by atoms with Crippen molar-refractivity contribution in [3.05, 3.63) is 59.8 Å². The summed E-state index contributed by atoms with van der Waals surface area (Å²) in [4.78, 5) is 19.6. The maximum absolute atomic E-state index is 5.12. The van der Waals surface area contributed by atoms with Crippen LogP contribution >= 0.6 is 0 Å². The van der Waals surface area contributed by atoms with E-state index in [9.17, 15) is 0 Å². The van der Waals surface area contributed by atoms with Crippen molar-refractivity contribution in [1.29, 1.82) is 0 Å². The van der Waals surface area contributed by atoms with Gasteiger partial charge in [-0.15, -0.1) is 0 Å². The molecule has 0 aliphatic heterocycles. The highest BCUT2D eigenvalue weighted by atomic mass is 16.5. The maximum Gasteiger partial charge on any atom is 0.225 e. The summed E-state index contributed by atoms with van der Waals surface area (Å²) in [6, 6.07) is 8.34. The molecule has 0 atom stereocenters. The number of methoxy groups -OCH3 is 1. The molecule has 0 N–H and O–H groups in total. The first-order chi connectivity index (χ1) is 14.0. The van der Waals surface area contributed by atoms with Gasteiger partial charge in [-0.25, -0.2) is 15.0 Å². The molecule has 0 fully saturated rings. The molecule has 2 heterocycles. The number of hydrogen-bond donors (Lipinski definition) is 0. The molecule has 0 aliphatic carbocycles. The molecule has 0 unspecified atom stereocenters. The number of likely N-dealkylation sites (N-methyl/N-ethyl adjacent to an activating group) is 1. The molecule has 7 nitrogen and oxygen atoms in total. The van der Waals surface area contributed by atoms with Crippen molar-refractivity contribution in [2.75, 3.05) is 32.2 Å². The second-order valence-corrected chi connectivity index (χ2v) is 6.76. The largest absolute Gasteiger partial charge is 0.383 e. The van der Waals surface area contributed by atoms with Gasteiger partial charge in [-0.3, -0.25) is 9.56 Å². The Kier molecular flexibility index (Phi) is 6.51. The monoisotopic (exact) mass is 390 g/mol. The standard InChI is InChI=1S/C22H26N6O/c1-16-6-8-19(9-7-16)28-17(2)20(10-11-23-3)26-21(28)18-14-24-22(25-15-18)27(4)12-13-29-5/h6-11,14-15H,3,12-13H2,1-2,4-5H3/b11-10-. The molecular weight excluding hydrogens is 364 g/mol. The molecule has 0 saturated heterocycles. The van der Waals surface area contributed by atoms with E-state index in [0.29, 0.717) is 12.6 Å². The van der Waals surface area contributed by atoms with E-state index in [0.717, 1.165) is 35.0 Å². The molecule has 0 saturated carbocycles. The summed E-state index contributed by atoms with van der Waals surface area (Å²) >= 11 is 0. The van der Waals surface area contributed by atoms with Gasteiger partial charge in [-0.05, 0) is 38.8 Å². The van der Waals surface area contributed by atoms with Crippen LogP contribution in [-0.4, -0.2) is 53.5 Å². The molecule has 3 aromatic rings. The lowest BCUT2D eigenvalue weighted by atomic mass is 10.2. The first-order valence-electron chi connectivity index (χ1n) is 9.36. The summed E-state index contributed by atoms with van der Waals surface area (Å²) in [5.41, 5.74) is 4.90. The minimum Gasteiger partial charge on any atom is -0.383 e. The number of hydrogen-bond acceptors (Lipinski definition) is 6. The number of aryl methyl sites for hydroxylation is 1. The summed E-state index contributed by atoms with van der Waals surface area (Å²) < 4.78 is 7.23. The third-order valence-electron chi connectivity index (χ3n) is 4.64. The number of anilines is 1. The van der Waals surface area contributed by atoms with Crippen molar-refractivity contribution in [3.8, 4) is 17.1 Å². The Balaban J connectivity index is 2.04. The van der Waals surface area contributed by atoms with Crippen molar-refractivity contribution in [2.24, 2.45) is 4.99 Å². The summed E-state index contributed by atoms with van der Waals surface area (Å²) in [7, 11) is 3.62. The summed E-state index contributed by atoms with van der Waals surface area (Å²) in [5, 5.41) is 0. The van der Waals surface area contributed by atoms with Gasteiger partial charge in [0.2, 0.25) is 5.95 Å². The molecule has 3 rings (SSSR count). The summed E-state index contributed by atoms with van der Waals surface area (Å²) in [6.07, 6.45) is 7.10. The van der Waals surface area contributed by atoms with Crippen molar-refractivity contribution in [1.82, 2.24) is 19.5 Å². The molecule has 0 radical (unpaired) electrons. The predicted molar refractivity (Wildman–Crippen MR) is 118 cm³/mol. The van der Waals surface area contributed by atoms with Crippen molar-refractivity contribution in [3.63, 3.8) is 0 Å². The average molecular weight is 390 g/mol. The lowest BCUT2D eigenvalue weighted by molar-refractivity contribution is 0.206. The summed E-state index contributed by atoms with van der Waals surface area (Å²) in [5.74, 6) is 1.42. The van der Waals surface area contributed by atoms with Crippen LogP contribution in [0.1, 0.15) is 17.0 Å². The number of benzene rings is 1. The third kappa shape index (κ3) is 4.57. The molecular formula is C22H26N6O. The molecule has 0 aliphatic rings. The fourth-order valence-electron chi connectivity index (χ4n) is 2.97. The van der Waals surface area contributed by atoms with Gasteiger partial charge < -0.3 is 9.64 Å². The highest BCUT2D eigenvalue weighted by molar-refractivity contribution is 5.63. The predicted octanol–water partition coefficient (Wildman–Crippen LogP) is 3.70. The smallest absolute Gasteiger partial charge is 0.225 e. The van der Waals surface area contributed by atoms with E-state index < -0.39 is 0 Å². The van der Waals surface area contributed by atoms with Crippen LogP contribution < -0.4 is 4.90 Å². The van der Waals surface area contributed by atoms with Gasteiger partial charge in [-0.2, -0.15) is 0 Å². The van der Waals surface area contributed by atoms with Crippen LogP contribution in [0.2, 0.25) is 0 Å². The number of ether oxygens (including phenoxy) is 1. The zero-order chi connectivity index (χ0) is 20.8. The Morgan fingerprint density at radius 2 is 1.86 bits per heavy atom. The Bertz CT molecular complexity index is 989. The third-order valence-corrected chi connectivity index (χ3v) is 4.64. The molecule has 7 heteroatoms. The maximum atomic E-state index is 5.12. The van der Waals surface area contributed by atoms with E-state index in [2.05, 4.69) is 57.4 Å². The molecule has 29 heavy (non-hydrogen) atoms. The van der Waals surface area contributed by atoms with Crippen LogP contribution in [0.3, 0.4) is 0 Å². The van der Waals surface area contributed by atoms with Gasteiger partial charge in [0.05, 0.1) is 17.9 Å². The van der Waals surface area contributed by atoms with E-state index in [1.54, 1.807) is 25.7 Å². The van der Waals surface area contributed by atoms with Crippen LogP contribution in [0.15, 0.2) is 47.9 Å². The molecule has 150 valence electrons. The zero-order valence-corrected chi connectivity index (χ0v) is 17.3. The van der Waals surface area contributed by atoms with Gasteiger partial charge in [0.25, 0.3) is 0 Å². The quantitative estimate of drug-likeness (QED) is 0.549. The topological polar surface area (TPSA) is 68.4 Å². The second-order valence-electron chi connectivity index (χ2n) is 6.76. The van der Waals surface area contributed by atoms with E-state index in [1.165, 1.54) is 5.56 Å². The Hall–Kier alpha value is -3.32. The van der Waals surface area contributed by atoms with E-state index in [1.807, 2.05) is 24.9 Å². The Morgan fingerprint density at radius 1 is 1.17 bits per heavy atom. The number of imidazole rings is 1. The highest BCUT2D eigenvalue weighted by Crippen LogP contribution is 2.27. The van der Waals surface area contributed by atoms with Gasteiger partial charge in [-0.1, -0.05) is 17.7 Å². The molecule has 0 spiro atoms. The van der Waals surface area contributed by atoms with Gasteiger partial charge in [0.15, 0.2) is 0 Å². The highest BCUT2D eigenvalue weighted by Gasteiger charge is 2.17. The van der Waals surface area contributed by atoms with Gasteiger partial charge >= 0.3 is 0 Å². The normalized spacial score (nSPS) is 11.2. The van der Waals surface area contributed by atoms with E-state index in [-0.39, 0.29) is 0 Å². The Labute approximate surface area is 171 Å². The molecule has 0 amide bonds. The van der Waals surface area contributed by atoms with Crippen LogP contribution in [0.5, 0.6) is 0 Å². The van der Waals surface area contributed by atoms with Crippen LogP contribution in [0, 0.1) is 13.8 Å². The number of aromatic nitrogens is 4. The van der Waals surface area contributed by atoms with E-state index in [4.69, 9.17) is 9.72 Å². The van der Waals surface area contributed by atoms with E-state index >= 15 is 0 Å². The summed E-state index contributed by atoms with van der Waals surface area (Å²) in [6.45, 7) is 8.94. The minimum absolute atomic E-state index is 0.617. The minimum atomic E-state index is 0.617. The van der Waals surface area contributed by atoms with Crippen LogP contribution in [-0.2, 0) is 4.74 Å². The first kappa shape index (κ1) is 20.4. The lowest BCUT2D eigenvalue weighted by Crippen LogP contribution is -2.24. The molecule has 2 aromatic heterocycles. The second kappa shape index (κ2) is 9.25. The molecule has 1 aromatic carbocycles. The van der Waals surface area contributed by atoms with Crippen molar-refractivity contribution >= 4 is 18.7 Å². The average Bonchev–Trinajstić information content (AvgIpc) is 3.07. The van der Waals surface area contributed by atoms with Gasteiger partial charge in [0.1, 0.15) is 5.82 Å². The van der Waals surface area contributed by atoms with Crippen molar-refractivity contribution in [2.45, 2.75) is 13.8 Å². The number of rotatable bonds is 8. The van der Waals surface area contributed by atoms with Crippen LogP contribution in [0.4, 0.5) is 5.95 Å². The first-order valence-corrected chi connectivity index (χ1v) is 9.36. The fraction of sp³-hybridized carbons (Fsp3) is 0.273. The lowest BCUT2D eigenvalue weighted by Gasteiger charge is -2.16. The Morgan fingerprint density at radius 3 is 2.48 bits per heavy atom. The number of aliphatic imine (C=N–C) groups is 1. The van der Waals surface area contributed by atoms with Crippen LogP contribution in [0.25, 0.3) is 23.2 Å². The van der Waals surface area contributed by atoms with Gasteiger partial charge in [0, 0.05) is 50.7 Å². The van der Waals surface area contributed by atoms with Crippen molar-refractivity contribution < 1.29 is 4.74 Å². The molecule has 0 bridgehead atoms.